The van der Waals surface area contributed by atoms with Crippen LogP contribution in [0.2, 0.25) is 0 Å². The number of phosphoric acid groups is 4. The number of nitrogen functional groups attached to an aromatic ring is 2. The molecule has 0 radical (unpaired) electrons. The van der Waals surface area contributed by atoms with Gasteiger partial charge in [-0.05, 0) is 6.07 Å². The number of rotatable bonds is 22. The van der Waals surface area contributed by atoms with Crippen molar-refractivity contribution in [3.8, 4) is 0 Å². The third-order valence-corrected chi connectivity index (χ3v) is 16.2. The molecule has 5 aromatic rings. The minimum atomic E-state index is -5.84. The Labute approximate surface area is 462 Å². The van der Waals surface area contributed by atoms with E-state index in [1.54, 1.807) is 0 Å². The summed E-state index contributed by atoms with van der Waals surface area (Å²) in [5.74, 6) is -0.642. The van der Waals surface area contributed by atoms with E-state index in [4.69, 9.17) is 57.6 Å². The monoisotopic (exact) mass is 1280 g/mol. The minimum absolute atomic E-state index is 0.205. The molecule has 0 aliphatic carbocycles. The number of nitrogens with one attached hydrogen (secondary N) is 3. The molecule has 0 saturated carbocycles. The molecule has 0 bridgehead atoms. The number of anilines is 2. The molecular weight excluding hydrogens is 1230 g/mol. The molecule has 0 spiro atoms. The fourth-order valence-electron chi connectivity index (χ4n) is 8.97. The second-order valence-electron chi connectivity index (χ2n) is 18.4. The fourth-order valence-corrected chi connectivity index (χ4v) is 12.2. The van der Waals surface area contributed by atoms with E-state index < -0.39 is 196 Å². The summed E-state index contributed by atoms with van der Waals surface area (Å²) >= 11 is 0. The van der Waals surface area contributed by atoms with Gasteiger partial charge in [-0.3, -0.25) is 79.3 Å². The van der Waals surface area contributed by atoms with Crippen LogP contribution in [0.15, 0.2) is 71.9 Å². The van der Waals surface area contributed by atoms with E-state index in [2.05, 4.69) is 24.5 Å². The van der Waals surface area contributed by atoms with Crippen LogP contribution in [-0.4, -0.2) is 198 Å². The van der Waals surface area contributed by atoms with Crippen molar-refractivity contribution in [1.82, 2.24) is 48.2 Å². The molecule has 462 valence electrons. The number of aliphatic hydroxyl groups excluding tert-OH is 5. The summed E-state index contributed by atoms with van der Waals surface area (Å²) in [6.07, 6.45) is -28.9. The predicted molar refractivity (Wildman–Crippen MR) is 264 cm³/mol. The zero-order valence-corrected chi connectivity index (χ0v) is 45.3. The van der Waals surface area contributed by atoms with Crippen LogP contribution < -0.4 is 45.2 Å². The standard InChI is InChI=1S/C37H48N12O31P4/c38-16-1-4-46(35(58)41-16)30-21(53)20(52)12(74-30)7-71-82(64,65)79-26-14(75-31(22(26)54)47-5-2-17(50)42-36(47)59)9-73-84(68,69)80-27-15(76-32(23(27)55)48-6-3-18(51)43-37(48)60)10-72-83(66,67)78-25-13(8-70-81(61,62)63)77-33(24(25)56)49-11-40-19-28(49)44-34(39)45-29(19)57/h1-6,11-15,20-27,30-33,52-56H,7-10H2,(H,64,65)(H,66,67)(H,68,69)(H2,38,41,58)(H,42,50,59)(H,43,51,60)(H2,61,62,63)(H3,39,44,45,57)/t12-,13-,14-,15-,20-,21-,22-,23-,24-,25-,26-,27-,30-,31-,32-,33-/m1/s1. The van der Waals surface area contributed by atoms with Crippen molar-refractivity contribution in [1.29, 1.82) is 0 Å². The first kappa shape index (κ1) is 62.8. The Morgan fingerprint density at radius 3 is 1.36 bits per heavy atom. The highest BCUT2D eigenvalue weighted by Gasteiger charge is 2.55. The zero-order valence-electron chi connectivity index (χ0n) is 41.7. The van der Waals surface area contributed by atoms with Gasteiger partial charge in [0.25, 0.3) is 16.7 Å². The normalized spacial score (nSPS) is 32.2. The van der Waals surface area contributed by atoms with Gasteiger partial charge in [-0.1, -0.05) is 0 Å². The van der Waals surface area contributed by atoms with Gasteiger partial charge in [0, 0.05) is 30.7 Å². The van der Waals surface area contributed by atoms with Gasteiger partial charge >= 0.3 is 48.4 Å². The first-order valence-electron chi connectivity index (χ1n) is 23.7. The number of aromatic nitrogens is 10. The van der Waals surface area contributed by atoms with E-state index in [0.29, 0.717) is 9.13 Å². The third kappa shape index (κ3) is 13.8. The number of aromatic amines is 3. The van der Waals surface area contributed by atoms with E-state index in [1.165, 1.54) is 0 Å². The van der Waals surface area contributed by atoms with Crippen LogP contribution >= 0.6 is 31.3 Å². The van der Waals surface area contributed by atoms with Gasteiger partial charge in [0.1, 0.15) is 79.1 Å². The van der Waals surface area contributed by atoms with Crippen LogP contribution in [0.4, 0.5) is 11.8 Å². The number of fused-ring (bicyclic) bond motifs is 1. The van der Waals surface area contributed by atoms with Crippen LogP contribution in [0.3, 0.4) is 0 Å². The highest BCUT2D eigenvalue weighted by molar-refractivity contribution is 7.48. The summed E-state index contributed by atoms with van der Waals surface area (Å²) in [4.78, 5) is 143. The molecular formula is C37H48N12O31P4. The van der Waals surface area contributed by atoms with Gasteiger partial charge in [-0.15, -0.1) is 0 Å². The predicted octanol–water partition coefficient (Wildman–Crippen LogP) is -7.35. The maximum atomic E-state index is 13.9. The lowest BCUT2D eigenvalue weighted by molar-refractivity contribution is -0.0656. The van der Waals surface area contributed by atoms with Crippen molar-refractivity contribution in [2.24, 2.45) is 0 Å². The molecule has 43 nitrogen and oxygen atoms in total. The molecule has 47 heteroatoms. The van der Waals surface area contributed by atoms with Crippen LogP contribution in [0.1, 0.15) is 24.9 Å². The molecule has 19 atom stereocenters. The number of imidazole rings is 1. The van der Waals surface area contributed by atoms with Crippen molar-refractivity contribution in [2.75, 3.05) is 37.9 Å². The average Bonchev–Trinajstić information content (AvgIpc) is 4.08. The molecule has 17 N–H and O–H groups in total. The quantitative estimate of drug-likeness (QED) is 0.0286. The lowest BCUT2D eigenvalue weighted by atomic mass is 10.1. The van der Waals surface area contributed by atoms with Crippen LogP contribution in [0.25, 0.3) is 11.2 Å². The summed E-state index contributed by atoms with van der Waals surface area (Å²) < 4.78 is 113. The van der Waals surface area contributed by atoms with Gasteiger partial charge in [0.15, 0.2) is 36.1 Å². The fraction of sp³-hybridized carbons (Fsp3) is 0.541. The summed E-state index contributed by atoms with van der Waals surface area (Å²) in [7, 11) is -22.5. The molecule has 5 aromatic heterocycles. The number of phosphoric ester groups is 4. The van der Waals surface area contributed by atoms with Gasteiger partial charge in [0.2, 0.25) is 5.95 Å². The Morgan fingerprint density at radius 1 is 0.512 bits per heavy atom. The second-order valence-corrected chi connectivity index (χ2v) is 23.8. The molecule has 84 heavy (non-hydrogen) atoms. The van der Waals surface area contributed by atoms with E-state index in [-0.39, 0.29) is 17.0 Å². The summed E-state index contributed by atoms with van der Waals surface area (Å²) in [6, 6.07) is 2.71. The Kier molecular flexibility index (Phi) is 18.1. The number of nitrogens with two attached hydrogens (primary N) is 2. The van der Waals surface area contributed by atoms with Gasteiger partial charge < -0.3 is 80.4 Å². The van der Waals surface area contributed by atoms with Crippen molar-refractivity contribution in [2.45, 2.75) is 98.2 Å². The lowest BCUT2D eigenvalue weighted by Gasteiger charge is -2.26. The summed E-state index contributed by atoms with van der Waals surface area (Å²) in [5, 5.41) is 55.6. The van der Waals surface area contributed by atoms with Gasteiger partial charge in [-0.2, -0.15) is 9.97 Å². The SMILES string of the molecule is Nc1ccn([C@@H]2O[C@H](COP(=O)(O)O[C@H]3[C@@H](O)[C@H](n4ccc(=O)[nH]c4=O)O[C@@H]3COP(=O)(O)O[C@H]3[C@@H](O)[C@H](n4ccc(=O)[nH]c4=O)O[C@@H]3COP(=O)(O)O[C@H]3[C@@H](O)[C@H](n4cnc5c(=O)[nH]c(N)nc54)O[C@@H]3COP(=O)(O)O)[C@@H](O)[C@H]2O)c(=O)n1. The molecule has 3 unspecified atom stereocenters. The van der Waals surface area contributed by atoms with E-state index in [9.17, 15) is 97.0 Å². The number of H-pyrrole nitrogens is 3. The summed E-state index contributed by atoms with van der Waals surface area (Å²) in [6.45, 7) is -4.99. The Bertz CT molecular complexity index is 3830. The topological polar surface area (TPSA) is 632 Å². The molecule has 4 saturated heterocycles. The third-order valence-electron chi connectivity index (χ3n) is 12.7. The Balaban J connectivity index is 0.921. The van der Waals surface area contributed by atoms with Crippen LogP contribution in [0, 0.1) is 0 Å². The maximum absolute atomic E-state index is 13.9. The van der Waals surface area contributed by atoms with Crippen molar-refractivity contribution in [3.05, 3.63) is 106 Å². The number of hydrogen-bond donors (Lipinski definition) is 15. The van der Waals surface area contributed by atoms with E-state index in [1.807, 2.05) is 9.97 Å². The Hall–Kier alpha value is -5.73. The lowest BCUT2D eigenvalue weighted by Crippen LogP contribution is -2.39. The molecule has 9 rings (SSSR count). The minimum Gasteiger partial charge on any atom is -0.387 e. The van der Waals surface area contributed by atoms with Crippen molar-refractivity contribution < 1.29 is 119 Å². The molecule has 0 aromatic carbocycles. The number of ether oxygens (including phenoxy) is 4. The first-order valence-corrected chi connectivity index (χ1v) is 29.7. The van der Waals surface area contributed by atoms with Crippen molar-refractivity contribution >= 4 is 54.2 Å². The molecule has 4 aliphatic heterocycles. The summed E-state index contributed by atoms with van der Waals surface area (Å²) in [5.41, 5.74) is 4.21. The molecule has 9 heterocycles. The average molecular weight is 1280 g/mol. The number of nitrogens with zero attached hydrogens (tertiary/aromatic N) is 7. The van der Waals surface area contributed by atoms with Crippen LogP contribution in [-0.2, 0) is 68.9 Å². The van der Waals surface area contributed by atoms with Crippen molar-refractivity contribution in [3.63, 3.8) is 0 Å². The molecule has 4 fully saturated rings. The highest BCUT2D eigenvalue weighted by Crippen LogP contribution is 2.54. The van der Waals surface area contributed by atoms with Gasteiger partial charge in [0.05, 0.1) is 32.8 Å². The first-order chi connectivity index (χ1) is 39.3. The zero-order chi connectivity index (χ0) is 61.1. The molecule has 4 aliphatic rings. The maximum Gasteiger partial charge on any atom is 0.472 e. The second kappa shape index (κ2) is 24.2. The molecule has 0 amide bonds. The van der Waals surface area contributed by atoms with E-state index in [0.717, 1.165) is 52.3 Å². The largest absolute Gasteiger partial charge is 0.472 e. The smallest absolute Gasteiger partial charge is 0.387 e. The number of aliphatic hydroxyl groups is 5. The number of hydrogen-bond acceptors (Lipinski definition) is 31. The van der Waals surface area contributed by atoms with Crippen LogP contribution in [0.5, 0.6) is 0 Å². The van der Waals surface area contributed by atoms with E-state index >= 15 is 0 Å². The van der Waals surface area contributed by atoms with Gasteiger partial charge in [-0.25, -0.2) is 37.6 Å². The Morgan fingerprint density at radius 2 is 0.917 bits per heavy atom. The highest BCUT2D eigenvalue weighted by atomic mass is 31.2.